The van der Waals surface area contributed by atoms with Gasteiger partial charge in [-0.1, -0.05) is 71.1 Å². The van der Waals surface area contributed by atoms with Crippen LogP contribution >= 0.6 is 11.6 Å². The second-order valence-corrected chi connectivity index (χ2v) is 6.94. The molecule has 1 heterocycles. The Kier molecular flexibility index (Phi) is 7.76. The molecular weight excluding hydrogens is 256 g/mol. The lowest BCUT2D eigenvalue weighted by molar-refractivity contribution is 0.275. The molecule has 1 unspecified atom stereocenters. The fourth-order valence-corrected chi connectivity index (χ4v) is 3.48. The summed E-state index contributed by atoms with van der Waals surface area (Å²) in [5.74, 6) is 0.650. The summed E-state index contributed by atoms with van der Waals surface area (Å²) in [4.78, 5) is 0. The average molecular weight is 289 g/mol. The lowest BCUT2D eigenvalue weighted by atomic mass is 9.92. The van der Waals surface area contributed by atoms with Crippen LogP contribution < -0.4 is 0 Å². The number of alkyl halides is 1. The van der Waals surface area contributed by atoms with E-state index in [9.17, 15) is 0 Å². The maximum atomic E-state index is 6.04. The van der Waals surface area contributed by atoms with E-state index in [-0.39, 0.29) is 11.2 Å². The Hall–Kier alpha value is 0.250. The highest BCUT2D eigenvalue weighted by Crippen LogP contribution is 2.51. The van der Waals surface area contributed by atoms with Crippen LogP contribution in [-0.2, 0) is 4.74 Å². The fraction of sp³-hybridized carbons (Fsp3) is 1.00. The van der Waals surface area contributed by atoms with Gasteiger partial charge in [-0.2, -0.15) is 0 Å². The number of hydrogen-bond donors (Lipinski definition) is 0. The molecule has 0 bridgehead atoms. The molecule has 0 aromatic carbocycles. The van der Waals surface area contributed by atoms with E-state index in [1.54, 1.807) is 0 Å². The number of halogens is 1. The van der Waals surface area contributed by atoms with E-state index < -0.39 is 0 Å². The average Bonchev–Trinajstić information content (AvgIpc) is 2.94. The van der Waals surface area contributed by atoms with Crippen LogP contribution in [0.15, 0.2) is 0 Å². The molecule has 1 rings (SSSR count). The number of rotatable bonds is 12. The van der Waals surface area contributed by atoms with E-state index in [4.69, 9.17) is 16.3 Å². The maximum absolute atomic E-state index is 6.04. The highest BCUT2D eigenvalue weighted by atomic mass is 35.5. The Labute approximate surface area is 125 Å². The third-order valence-electron chi connectivity index (χ3n) is 4.66. The number of epoxide rings is 1. The van der Waals surface area contributed by atoms with Crippen LogP contribution in [0.5, 0.6) is 0 Å². The first-order chi connectivity index (χ1) is 9.08. The molecule has 0 spiro atoms. The third-order valence-corrected chi connectivity index (χ3v) is 5.09. The fourth-order valence-electron chi connectivity index (χ4n) is 2.97. The van der Waals surface area contributed by atoms with Gasteiger partial charge >= 0.3 is 0 Å². The molecule has 0 amide bonds. The van der Waals surface area contributed by atoms with Crippen molar-refractivity contribution in [3.05, 3.63) is 0 Å². The highest BCUT2D eigenvalue weighted by Gasteiger charge is 2.62. The van der Waals surface area contributed by atoms with Gasteiger partial charge in [-0.15, -0.1) is 11.6 Å². The molecule has 19 heavy (non-hydrogen) atoms. The summed E-state index contributed by atoms with van der Waals surface area (Å²) in [7, 11) is 0. The Morgan fingerprint density at radius 2 is 1.21 bits per heavy atom. The van der Waals surface area contributed by atoms with Crippen molar-refractivity contribution in [2.45, 2.75) is 103 Å². The van der Waals surface area contributed by atoms with Crippen LogP contribution in [0.3, 0.4) is 0 Å². The maximum Gasteiger partial charge on any atom is 0.111 e. The molecule has 0 saturated carbocycles. The minimum absolute atomic E-state index is 0.00525. The smallest absolute Gasteiger partial charge is 0.111 e. The Bertz CT molecular complexity index is 239. The van der Waals surface area contributed by atoms with Crippen molar-refractivity contribution in [2.24, 2.45) is 0 Å². The van der Waals surface area contributed by atoms with Crippen LogP contribution in [0.4, 0.5) is 0 Å². The van der Waals surface area contributed by atoms with Crippen LogP contribution in [0, 0.1) is 0 Å². The number of unbranched alkanes of at least 4 members (excludes halogenated alkanes) is 9. The van der Waals surface area contributed by atoms with E-state index >= 15 is 0 Å². The second kappa shape index (κ2) is 8.52. The van der Waals surface area contributed by atoms with Gasteiger partial charge in [0.1, 0.15) is 5.60 Å². The van der Waals surface area contributed by atoms with Gasteiger partial charge in [-0.05, 0) is 20.3 Å². The molecule has 0 radical (unpaired) electrons. The van der Waals surface area contributed by atoms with Gasteiger partial charge in [0.05, 0.1) is 11.5 Å². The van der Waals surface area contributed by atoms with Crippen LogP contribution in [0.25, 0.3) is 0 Å². The summed E-state index contributed by atoms with van der Waals surface area (Å²) in [5, 5.41) is 0. The second-order valence-electron chi connectivity index (χ2n) is 6.67. The van der Waals surface area contributed by atoms with Crippen molar-refractivity contribution < 1.29 is 4.74 Å². The van der Waals surface area contributed by atoms with E-state index in [1.165, 1.54) is 64.2 Å². The van der Waals surface area contributed by atoms with Gasteiger partial charge in [0.15, 0.2) is 0 Å². The first-order valence-electron chi connectivity index (χ1n) is 8.34. The van der Waals surface area contributed by atoms with Crippen LogP contribution in [0.1, 0.15) is 91.4 Å². The summed E-state index contributed by atoms with van der Waals surface area (Å²) in [5.41, 5.74) is 0.0166. The zero-order chi connectivity index (χ0) is 14.2. The molecule has 1 aliphatic heterocycles. The van der Waals surface area contributed by atoms with Crippen LogP contribution in [-0.4, -0.2) is 17.1 Å². The molecule has 0 aromatic rings. The molecule has 0 N–H and O–H groups in total. The summed E-state index contributed by atoms with van der Waals surface area (Å²) < 4.78 is 5.79. The van der Waals surface area contributed by atoms with Gasteiger partial charge in [-0.25, -0.2) is 0 Å². The van der Waals surface area contributed by atoms with Gasteiger partial charge in [-0.3, -0.25) is 0 Å². The lowest BCUT2D eigenvalue weighted by Crippen LogP contribution is -2.22. The predicted octanol–water partition coefficient (Wildman–Crippen LogP) is 6.08. The lowest BCUT2D eigenvalue weighted by Gasteiger charge is -2.11. The largest absolute Gasteiger partial charge is 0.362 e. The number of ether oxygens (including phenoxy) is 1. The molecule has 1 saturated heterocycles. The van der Waals surface area contributed by atoms with Crippen LogP contribution in [0.2, 0.25) is 0 Å². The molecule has 114 valence electrons. The van der Waals surface area contributed by atoms with Crippen molar-refractivity contribution in [3.63, 3.8) is 0 Å². The van der Waals surface area contributed by atoms with E-state index in [0.717, 1.165) is 6.42 Å². The van der Waals surface area contributed by atoms with Crippen molar-refractivity contribution >= 4 is 11.6 Å². The van der Waals surface area contributed by atoms with Crippen molar-refractivity contribution in [1.29, 1.82) is 0 Å². The standard InChI is InChI=1S/C17H33ClO/c1-4-5-6-7-8-9-10-11-12-13-14-17(15-18)16(2,3)19-17/h4-15H2,1-3H3. The molecular formula is C17H33ClO. The van der Waals surface area contributed by atoms with Crippen molar-refractivity contribution in [3.8, 4) is 0 Å². The highest BCUT2D eigenvalue weighted by molar-refractivity contribution is 6.18. The zero-order valence-corrected chi connectivity index (χ0v) is 14.0. The summed E-state index contributed by atoms with van der Waals surface area (Å²) in [6.07, 6.45) is 15.0. The van der Waals surface area contributed by atoms with E-state index in [1.807, 2.05) is 0 Å². The summed E-state index contributed by atoms with van der Waals surface area (Å²) >= 11 is 6.04. The monoisotopic (exact) mass is 288 g/mol. The van der Waals surface area contributed by atoms with E-state index in [0.29, 0.717) is 5.88 Å². The third kappa shape index (κ3) is 5.63. The number of hydrogen-bond acceptors (Lipinski definition) is 1. The molecule has 0 aliphatic carbocycles. The molecule has 1 atom stereocenters. The van der Waals surface area contributed by atoms with Crippen molar-refractivity contribution in [2.75, 3.05) is 5.88 Å². The first-order valence-corrected chi connectivity index (χ1v) is 8.87. The Morgan fingerprint density at radius 3 is 1.58 bits per heavy atom. The van der Waals surface area contributed by atoms with Gasteiger partial charge in [0.2, 0.25) is 0 Å². The van der Waals surface area contributed by atoms with Gasteiger partial charge < -0.3 is 4.74 Å². The van der Waals surface area contributed by atoms with E-state index in [2.05, 4.69) is 20.8 Å². The SMILES string of the molecule is CCCCCCCCCCCCC1(CCl)OC1(C)C. The van der Waals surface area contributed by atoms with Gasteiger partial charge in [0.25, 0.3) is 0 Å². The zero-order valence-electron chi connectivity index (χ0n) is 13.3. The quantitative estimate of drug-likeness (QED) is 0.241. The molecule has 1 fully saturated rings. The molecule has 1 nitrogen and oxygen atoms in total. The Balaban J connectivity index is 1.87. The molecule has 2 heteroatoms. The normalized spacial score (nSPS) is 24.6. The summed E-state index contributed by atoms with van der Waals surface area (Å²) in [6, 6.07) is 0. The summed E-state index contributed by atoms with van der Waals surface area (Å²) in [6.45, 7) is 6.59. The predicted molar refractivity (Wildman–Crippen MR) is 85.1 cm³/mol. The topological polar surface area (TPSA) is 12.5 Å². The molecule has 0 aromatic heterocycles. The Morgan fingerprint density at radius 1 is 0.789 bits per heavy atom. The van der Waals surface area contributed by atoms with Gasteiger partial charge in [0, 0.05) is 0 Å². The van der Waals surface area contributed by atoms with Crippen molar-refractivity contribution in [1.82, 2.24) is 0 Å². The minimum atomic E-state index is -0.00525. The first kappa shape index (κ1) is 17.3. The molecule has 1 aliphatic rings. The minimum Gasteiger partial charge on any atom is -0.362 e.